The van der Waals surface area contributed by atoms with E-state index in [2.05, 4.69) is 4.98 Å². The Bertz CT molecular complexity index is 405. The van der Waals surface area contributed by atoms with Gasteiger partial charge in [-0.05, 0) is 12.8 Å². The van der Waals surface area contributed by atoms with Gasteiger partial charge in [-0.2, -0.15) is 0 Å². The van der Waals surface area contributed by atoms with Crippen LogP contribution in [0.1, 0.15) is 32.1 Å². The van der Waals surface area contributed by atoms with Crippen LogP contribution < -0.4 is 5.06 Å². The van der Waals surface area contributed by atoms with Crippen molar-refractivity contribution in [3.63, 3.8) is 0 Å². The van der Waals surface area contributed by atoms with Crippen LogP contribution in [0.2, 0.25) is 0 Å². The number of hydrogen-bond donors (Lipinski definition) is 1. The van der Waals surface area contributed by atoms with E-state index in [1.165, 1.54) is 18.5 Å². The SMILES string of the molecule is O=[N+]([O-])c1ccncc1[NH+]([O-])C1CCCCC1. The molecule has 0 spiro atoms. The van der Waals surface area contributed by atoms with Crippen LogP contribution in [0.25, 0.3) is 0 Å². The summed E-state index contributed by atoms with van der Waals surface area (Å²) < 4.78 is 0. The molecular formula is C11H15N3O3. The third-order valence-corrected chi connectivity index (χ3v) is 3.24. The van der Waals surface area contributed by atoms with Gasteiger partial charge in [0.25, 0.3) is 0 Å². The maximum absolute atomic E-state index is 12.2. The molecule has 6 heteroatoms. The fourth-order valence-corrected chi connectivity index (χ4v) is 2.32. The van der Waals surface area contributed by atoms with Crippen molar-refractivity contribution in [1.82, 2.24) is 4.98 Å². The molecule has 1 saturated carbocycles. The van der Waals surface area contributed by atoms with E-state index in [9.17, 15) is 15.3 Å². The van der Waals surface area contributed by atoms with Gasteiger partial charge in [0.05, 0.1) is 17.2 Å². The lowest BCUT2D eigenvalue weighted by Gasteiger charge is -2.32. The number of aromatic nitrogens is 1. The molecule has 17 heavy (non-hydrogen) atoms. The quantitative estimate of drug-likeness (QED) is 0.635. The smallest absolute Gasteiger partial charge is 0.332 e. The van der Waals surface area contributed by atoms with Crippen molar-refractivity contribution in [3.8, 4) is 0 Å². The molecule has 0 radical (unpaired) electrons. The lowest BCUT2D eigenvalue weighted by molar-refractivity contribution is -0.810. The fraction of sp³-hybridized carbons (Fsp3) is 0.545. The molecule has 0 amide bonds. The molecule has 0 bridgehead atoms. The first-order chi connectivity index (χ1) is 8.20. The molecule has 1 atom stereocenters. The summed E-state index contributed by atoms with van der Waals surface area (Å²) >= 11 is 0. The number of nitrogens with zero attached hydrogens (tertiary/aromatic N) is 2. The number of nitrogens with one attached hydrogen (secondary N) is 1. The molecule has 1 fully saturated rings. The summed E-state index contributed by atoms with van der Waals surface area (Å²) in [5, 5.41) is 22.9. The topological polar surface area (TPSA) is 83.5 Å². The standard InChI is InChI=1S/C11H15N3O3/c15-13(9-4-2-1-3-5-9)11-8-12-7-6-10(11)14(16)17/h6-9,13H,1-5H2. The zero-order chi connectivity index (χ0) is 12.3. The highest BCUT2D eigenvalue weighted by atomic mass is 16.6. The van der Waals surface area contributed by atoms with Gasteiger partial charge in [-0.3, -0.25) is 15.1 Å². The summed E-state index contributed by atoms with van der Waals surface area (Å²) in [6.45, 7) is 0. The molecule has 1 unspecified atom stereocenters. The third-order valence-electron chi connectivity index (χ3n) is 3.24. The second-order valence-corrected chi connectivity index (χ2v) is 4.35. The largest absolute Gasteiger partial charge is 0.628 e. The first kappa shape index (κ1) is 11.9. The molecule has 0 saturated heterocycles. The minimum Gasteiger partial charge on any atom is -0.628 e. The van der Waals surface area contributed by atoms with Crippen molar-refractivity contribution in [1.29, 1.82) is 0 Å². The van der Waals surface area contributed by atoms with Gasteiger partial charge < -0.3 is 10.3 Å². The van der Waals surface area contributed by atoms with E-state index in [4.69, 9.17) is 0 Å². The Morgan fingerprint density at radius 3 is 2.71 bits per heavy atom. The van der Waals surface area contributed by atoms with Gasteiger partial charge in [-0.25, -0.2) is 0 Å². The Kier molecular flexibility index (Phi) is 3.65. The highest BCUT2D eigenvalue weighted by Gasteiger charge is 2.26. The van der Waals surface area contributed by atoms with E-state index in [0.29, 0.717) is 0 Å². The van der Waals surface area contributed by atoms with Crippen molar-refractivity contribution in [3.05, 3.63) is 33.8 Å². The number of nitro groups is 1. The first-order valence-electron chi connectivity index (χ1n) is 5.83. The van der Waals surface area contributed by atoms with E-state index in [0.717, 1.165) is 32.1 Å². The van der Waals surface area contributed by atoms with Crippen molar-refractivity contribution < 1.29 is 9.99 Å². The molecule has 0 aromatic carbocycles. The predicted molar refractivity (Wildman–Crippen MR) is 61.8 cm³/mol. The zero-order valence-electron chi connectivity index (χ0n) is 9.46. The van der Waals surface area contributed by atoms with Crippen LogP contribution in [0.15, 0.2) is 18.5 Å². The summed E-state index contributed by atoms with van der Waals surface area (Å²) in [6.07, 6.45) is 7.55. The molecular weight excluding hydrogens is 222 g/mol. The Hall–Kier alpha value is -1.53. The second kappa shape index (κ2) is 5.20. The first-order valence-corrected chi connectivity index (χ1v) is 5.83. The lowest BCUT2D eigenvalue weighted by Crippen LogP contribution is -3.06. The van der Waals surface area contributed by atoms with E-state index < -0.39 is 4.92 Å². The van der Waals surface area contributed by atoms with Gasteiger partial charge in [0, 0.05) is 25.1 Å². The van der Waals surface area contributed by atoms with Crippen LogP contribution in [-0.2, 0) is 0 Å². The Labute approximate surface area is 99.0 Å². The van der Waals surface area contributed by atoms with Crippen molar-refractivity contribution >= 4 is 11.4 Å². The summed E-state index contributed by atoms with van der Waals surface area (Å²) in [5.74, 6) is 0. The molecule has 1 aromatic rings. The average Bonchev–Trinajstić information content (AvgIpc) is 2.39. The van der Waals surface area contributed by atoms with Gasteiger partial charge in [0.1, 0.15) is 0 Å². The summed E-state index contributed by atoms with van der Waals surface area (Å²) in [7, 11) is 0. The maximum Gasteiger partial charge on any atom is 0.332 e. The van der Waals surface area contributed by atoms with Gasteiger partial charge in [-0.15, -0.1) is 0 Å². The number of pyridine rings is 1. The molecule has 6 nitrogen and oxygen atoms in total. The van der Waals surface area contributed by atoms with Gasteiger partial charge >= 0.3 is 5.69 Å². The molecule has 92 valence electrons. The third kappa shape index (κ3) is 2.59. The van der Waals surface area contributed by atoms with Gasteiger partial charge in [0.2, 0.25) is 5.69 Å². The number of rotatable bonds is 3. The minimum absolute atomic E-state index is 0.0633. The molecule has 1 N–H and O–H groups in total. The predicted octanol–water partition coefficient (Wildman–Crippen LogP) is 1.34. The average molecular weight is 237 g/mol. The zero-order valence-corrected chi connectivity index (χ0v) is 9.46. The van der Waals surface area contributed by atoms with Crippen molar-refractivity contribution in [2.75, 3.05) is 0 Å². The van der Waals surface area contributed by atoms with Crippen LogP contribution in [0, 0.1) is 15.3 Å². The Morgan fingerprint density at radius 2 is 2.06 bits per heavy atom. The van der Waals surface area contributed by atoms with Gasteiger partial charge in [0.15, 0.2) is 0 Å². The van der Waals surface area contributed by atoms with Crippen LogP contribution in [0.4, 0.5) is 11.4 Å². The fourth-order valence-electron chi connectivity index (χ4n) is 2.32. The van der Waals surface area contributed by atoms with Crippen molar-refractivity contribution in [2.45, 2.75) is 38.1 Å². The van der Waals surface area contributed by atoms with Crippen LogP contribution in [-0.4, -0.2) is 15.9 Å². The summed E-state index contributed by atoms with van der Waals surface area (Å²) in [4.78, 5) is 14.1. The molecule has 1 aromatic heterocycles. The molecule has 2 rings (SSSR count). The van der Waals surface area contributed by atoms with E-state index in [-0.39, 0.29) is 22.5 Å². The van der Waals surface area contributed by atoms with E-state index >= 15 is 0 Å². The van der Waals surface area contributed by atoms with Crippen LogP contribution in [0.3, 0.4) is 0 Å². The monoisotopic (exact) mass is 237 g/mol. The highest BCUT2D eigenvalue weighted by Crippen LogP contribution is 2.21. The number of hydroxylamine groups is 1. The Morgan fingerprint density at radius 1 is 1.35 bits per heavy atom. The highest BCUT2D eigenvalue weighted by molar-refractivity contribution is 5.49. The minimum atomic E-state index is -0.516. The molecule has 0 aliphatic heterocycles. The van der Waals surface area contributed by atoms with E-state index in [1.54, 1.807) is 0 Å². The maximum atomic E-state index is 12.2. The van der Waals surface area contributed by atoms with Crippen LogP contribution in [0.5, 0.6) is 0 Å². The molecule has 1 aliphatic rings. The Balaban J connectivity index is 2.23. The summed E-state index contributed by atoms with van der Waals surface area (Å²) in [6, 6.07) is 1.22. The van der Waals surface area contributed by atoms with Crippen LogP contribution >= 0.6 is 0 Å². The van der Waals surface area contributed by atoms with Crippen molar-refractivity contribution in [2.24, 2.45) is 0 Å². The number of hydrogen-bond acceptors (Lipinski definition) is 4. The number of quaternary nitrogens is 1. The lowest BCUT2D eigenvalue weighted by atomic mass is 9.95. The summed E-state index contributed by atoms with van der Waals surface area (Å²) in [5.41, 5.74) is 0.0278. The molecule has 1 heterocycles. The normalized spacial score (nSPS) is 18.9. The van der Waals surface area contributed by atoms with E-state index in [1.807, 2.05) is 0 Å². The second-order valence-electron chi connectivity index (χ2n) is 4.35. The molecule has 1 aliphatic carbocycles. The van der Waals surface area contributed by atoms with Gasteiger partial charge in [-0.1, -0.05) is 6.42 Å².